The molecule has 0 aliphatic carbocycles. The van der Waals surface area contributed by atoms with E-state index in [0.717, 1.165) is 5.56 Å². The molecule has 2 aromatic carbocycles. The van der Waals surface area contributed by atoms with Gasteiger partial charge in [0, 0.05) is 18.7 Å². The van der Waals surface area contributed by atoms with Gasteiger partial charge in [-0.25, -0.2) is 0 Å². The number of carbonyl (C=O) groups is 2. The SMILES string of the molecule is CCNC(=O)c1ccc(CNC(=O)c2ccccc2-n2cnnn2)cc1. The molecule has 0 aliphatic rings. The molecule has 0 unspecified atom stereocenters. The van der Waals surface area contributed by atoms with Crippen LogP contribution in [-0.4, -0.2) is 38.6 Å². The lowest BCUT2D eigenvalue weighted by Crippen LogP contribution is -2.25. The molecule has 0 fully saturated rings. The van der Waals surface area contributed by atoms with E-state index in [9.17, 15) is 9.59 Å². The molecule has 26 heavy (non-hydrogen) atoms. The maximum atomic E-state index is 12.5. The minimum atomic E-state index is -0.232. The first kappa shape index (κ1) is 17.3. The molecule has 0 aliphatic heterocycles. The molecule has 8 nitrogen and oxygen atoms in total. The average Bonchev–Trinajstić information content (AvgIpc) is 3.21. The zero-order valence-electron chi connectivity index (χ0n) is 14.2. The summed E-state index contributed by atoms with van der Waals surface area (Å²) in [5.41, 5.74) is 2.55. The van der Waals surface area contributed by atoms with Crippen LogP contribution < -0.4 is 10.6 Å². The summed E-state index contributed by atoms with van der Waals surface area (Å²) in [6.07, 6.45) is 1.44. The summed E-state index contributed by atoms with van der Waals surface area (Å²) in [5.74, 6) is -0.345. The van der Waals surface area contributed by atoms with E-state index in [1.54, 1.807) is 30.3 Å². The molecular formula is C18H18N6O2. The Kier molecular flexibility index (Phi) is 5.33. The van der Waals surface area contributed by atoms with Crippen molar-refractivity contribution in [2.24, 2.45) is 0 Å². The van der Waals surface area contributed by atoms with E-state index in [1.165, 1.54) is 11.0 Å². The third kappa shape index (κ3) is 3.92. The van der Waals surface area contributed by atoms with Gasteiger partial charge in [0.1, 0.15) is 6.33 Å². The highest BCUT2D eigenvalue weighted by molar-refractivity contribution is 5.97. The molecule has 0 bridgehead atoms. The predicted molar refractivity (Wildman–Crippen MR) is 94.8 cm³/mol. The molecule has 2 amide bonds. The van der Waals surface area contributed by atoms with Crippen LogP contribution in [0.3, 0.4) is 0 Å². The Morgan fingerprint density at radius 1 is 1.00 bits per heavy atom. The van der Waals surface area contributed by atoms with Gasteiger partial charge >= 0.3 is 0 Å². The van der Waals surface area contributed by atoms with Crippen LogP contribution in [0.1, 0.15) is 33.2 Å². The highest BCUT2D eigenvalue weighted by Gasteiger charge is 2.13. The molecule has 0 saturated carbocycles. The molecule has 0 spiro atoms. The first-order chi connectivity index (χ1) is 12.7. The Hall–Kier alpha value is -3.55. The summed E-state index contributed by atoms with van der Waals surface area (Å²) in [7, 11) is 0. The molecule has 0 radical (unpaired) electrons. The summed E-state index contributed by atoms with van der Waals surface area (Å²) >= 11 is 0. The van der Waals surface area contributed by atoms with E-state index in [1.807, 2.05) is 25.1 Å². The van der Waals surface area contributed by atoms with Gasteiger partial charge in [-0.3, -0.25) is 9.59 Å². The van der Waals surface area contributed by atoms with E-state index in [0.29, 0.717) is 29.9 Å². The molecular weight excluding hydrogens is 332 g/mol. The van der Waals surface area contributed by atoms with E-state index in [-0.39, 0.29) is 11.8 Å². The summed E-state index contributed by atoms with van der Waals surface area (Å²) in [6.45, 7) is 2.80. The van der Waals surface area contributed by atoms with Gasteiger partial charge in [-0.2, -0.15) is 4.68 Å². The standard InChI is InChI=1S/C18H18N6O2/c1-2-19-17(25)14-9-7-13(8-10-14)11-20-18(26)15-5-3-4-6-16(15)24-12-21-22-23-24/h3-10,12H,2,11H2,1H3,(H,19,25)(H,20,26). The van der Waals surface area contributed by atoms with Crippen molar-refractivity contribution < 1.29 is 9.59 Å². The second-order valence-electron chi connectivity index (χ2n) is 5.51. The summed E-state index contributed by atoms with van der Waals surface area (Å²) < 4.78 is 1.44. The fourth-order valence-corrected chi connectivity index (χ4v) is 2.45. The third-order valence-corrected chi connectivity index (χ3v) is 3.75. The molecule has 0 saturated heterocycles. The zero-order chi connectivity index (χ0) is 18.4. The van der Waals surface area contributed by atoms with Crippen LogP contribution in [0.4, 0.5) is 0 Å². The van der Waals surface area contributed by atoms with Crippen molar-refractivity contribution in [3.05, 3.63) is 71.5 Å². The molecule has 1 heterocycles. The maximum absolute atomic E-state index is 12.5. The average molecular weight is 350 g/mol. The second-order valence-corrected chi connectivity index (χ2v) is 5.51. The number of benzene rings is 2. The highest BCUT2D eigenvalue weighted by Crippen LogP contribution is 2.13. The van der Waals surface area contributed by atoms with Gasteiger partial charge in [0.05, 0.1) is 11.3 Å². The topological polar surface area (TPSA) is 102 Å². The first-order valence-corrected chi connectivity index (χ1v) is 8.16. The van der Waals surface area contributed by atoms with Gasteiger partial charge in [-0.1, -0.05) is 24.3 Å². The van der Waals surface area contributed by atoms with Crippen molar-refractivity contribution in [2.75, 3.05) is 6.54 Å². The molecule has 2 N–H and O–H groups in total. The Balaban J connectivity index is 1.67. The molecule has 3 aromatic rings. The lowest BCUT2D eigenvalue weighted by atomic mass is 10.1. The quantitative estimate of drug-likeness (QED) is 0.698. The van der Waals surface area contributed by atoms with Crippen molar-refractivity contribution in [3.63, 3.8) is 0 Å². The number of tetrazole rings is 1. The number of amides is 2. The lowest BCUT2D eigenvalue weighted by molar-refractivity contribution is 0.0943. The maximum Gasteiger partial charge on any atom is 0.253 e. The second kappa shape index (κ2) is 8.02. The monoisotopic (exact) mass is 350 g/mol. The fraction of sp³-hybridized carbons (Fsp3) is 0.167. The van der Waals surface area contributed by atoms with E-state index >= 15 is 0 Å². The lowest BCUT2D eigenvalue weighted by Gasteiger charge is -2.10. The van der Waals surface area contributed by atoms with Crippen molar-refractivity contribution in [1.82, 2.24) is 30.8 Å². The Morgan fingerprint density at radius 3 is 2.46 bits per heavy atom. The number of rotatable bonds is 6. The summed E-state index contributed by atoms with van der Waals surface area (Å²) in [6, 6.07) is 14.2. The molecule has 0 atom stereocenters. The Labute approximate surface area is 150 Å². The van der Waals surface area contributed by atoms with E-state index in [4.69, 9.17) is 0 Å². The van der Waals surface area contributed by atoms with Gasteiger partial charge in [0.2, 0.25) is 0 Å². The highest BCUT2D eigenvalue weighted by atomic mass is 16.2. The van der Waals surface area contributed by atoms with Crippen LogP contribution in [0, 0.1) is 0 Å². The molecule has 132 valence electrons. The predicted octanol–water partition coefficient (Wildman–Crippen LogP) is 1.34. The normalized spacial score (nSPS) is 10.3. The van der Waals surface area contributed by atoms with Crippen LogP contribution in [0.25, 0.3) is 5.69 Å². The van der Waals surface area contributed by atoms with Crippen LogP contribution in [0.2, 0.25) is 0 Å². The van der Waals surface area contributed by atoms with Crippen LogP contribution >= 0.6 is 0 Å². The van der Waals surface area contributed by atoms with Crippen LogP contribution in [-0.2, 0) is 6.54 Å². The van der Waals surface area contributed by atoms with E-state index < -0.39 is 0 Å². The number of hydrogen-bond donors (Lipinski definition) is 2. The van der Waals surface area contributed by atoms with Gasteiger partial charge in [-0.05, 0) is 47.2 Å². The van der Waals surface area contributed by atoms with E-state index in [2.05, 4.69) is 26.2 Å². The number of nitrogens with zero attached hydrogens (tertiary/aromatic N) is 4. The number of nitrogens with one attached hydrogen (secondary N) is 2. The van der Waals surface area contributed by atoms with Crippen LogP contribution in [0.15, 0.2) is 54.9 Å². The summed E-state index contributed by atoms with van der Waals surface area (Å²) in [5, 5.41) is 16.6. The molecule has 1 aromatic heterocycles. The smallest absolute Gasteiger partial charge is 0.253 e. The zero-order valence-corrected chi connectivity index (χ0v) is 14.2. The van der Waals surface area contributed by atoms with Crippen molar-refractivity contribution in [1.29, 1.82) is 0 Å². The third-order valence-electron chi connectivity index (χ3n) is 3.75. The largest absolute Gasteiger partial charge is 0.352 e. The van der Waals surface area contributed by atoms with Gasteiger partial charge in [0.15, 0.2) is 0 Å². The summed E-state index contributed by atoms with van der Waals surface area (Å²) in [4.78, 5) is 24.3. The minimum Gasteiger partial charge on any atom is -0.352 e. The number of aromatic nitrogens is 4. The number of para-hydroxylation sites is 1. The van der Waals surface area contributed by atoms with Crippen molar-refractivity contribution in [2.45, 2.75) is 13.5 Å². The van der Waals surface area contributed by atoms with Gasteiger partial charge in [-0.15, -0.1) is 5.10 Å². The molecule has 8 heteroatoms. The first-order valence-electron chi connectivity index (χ1n) is 8.16. The van der Waals surface area contributed by atoms with Crippen molar-refractivity contribution >= 4 is 11.8 Å². The van der Waals surface area contributed by atoms with Gasteiger partial charge in [0.25, 0.3) is 11.8 Å². The fourth-order valence-electron chi connectivity index (χ4n) is 2.45. The number of carbonyl (C=O) groups excluding carboxylic acids is 2. The Morgan fingerprint density at radius 2 is 1.77 bits per heavy atom. The minimum absolute atomic E-state index is 0.113. The Bertz CT molecular complexity index is 890. The van der Waals surface area contributed by atoms with Crippen molar-refractivity contribution in [3.8, 4) is 5.69 Å². The van der Waals surface area contributed by atoms with Crippen LogP contribution in [0.5, 0.6) is 0 Å². The number of hydrogen-bond acceptors (Lipinski definition) is 5. The molecule has 3 rings (SSSR count). The van der Waals surface area contributed by atoms with Gasteiger partial charge < -0.3 is 10.6 Å².